The average Bonchev–Trinajstić information content (AvgIpc) is 2.61. The molecule has 0 aliphatic carbocycles. The van der Waals surface area contributed by atoms with Crippen molar-refractivity contribution in [2.45, 2.75) is 13.5 Å². The third-order valence-corrected chi connectivity index (χ3v) is 2.10. The zero-order valence-electron chi connectivity index (χ0n) is 8.49. The Balaban J connectivity index is 2.02. The second-order valence-electron chi connectivity index (χ2n) is 3.33. The molecule has 0 unspecified atom stereocenters. The van der Waals surface area contributed by atoms with Crippen molar-refractivity contribution in [2.75, 3.05) is 11.1 Å². The van der Waals surface area contributed by atoms with Gasteiger partial charge in [-0.05, 0) is 19.1 Å². The van der Waals surface area contributed by atoms with Gasteiger partial charge in [0.2, 0.25) is 0 Å². The molecule has 5 heteroatoms. The van der Waals surface area contributed by atoms with Crippen LogP contribution in [0.5, 0.6) is 0 Å². The Hall–Kier alpha value is -2.04. The van der Waals surface area contributed by atoms with E-state index in [0.29, 0.717) is 12.4 Å². The Morgan fingerprint density at radius 1 is 1.47 bits per heavy atom. The van der Waals surface area contributed by atoms with Gasteiger partial charge in [-0.2, -0.15) is 5.10 Å². The molecule has 0 amide bonds. The second-order valence-corrected chi connectivity index (χ2v) is 3.33. The van der Waals surface area contributed by atoms with Gasteiger partial charge in [0.15, 0.2) is 0 Å². The topological polar surface area (TPSA) is 79.6 Å². The maximum atomic E-state index is 5.66. The molecule has 4 N–H and O–H groups in total. The minimum absolute atomic E-state index is 0.593. The Morgan fingerprint density at radius 3 is 3.00 bits per heavy atom. The summed E-state index contributed by atoms with van der Waals surface area (Å²) in [5.41, 5.74) is 7.59. The van der Waals surface area contributed by atoms with Crippen LogP contribution in [0.4, 0.5) is 11.6 Å². The summed E-state index contributed by atoms with van der Waals surface area (Å²) >= 11 is 0. The monoisotopic (exact) mass is 203 g/mol. The summed E-state index contributed by atoms with van der Waals surface area (Å²) in [5, 5.41) is 9.70. The van der Waals surface area contributed by atoms with Crippen LogP contribution in [0, 0.1) is 6.92 Å². The van der Waals surface area contributed by atoms with Crippen LogP contribution in [0.15, 0.2) is 24.4 Å². The molecule has 2 rings (SSSR count). The van der Waals surface area contributed by atoms with Crippen molar-refractivity contribution in [2.24, 2.45) is 0 Å². The minimum Gasteiger partial charge on any atom is -0.384 e. The van der Waals surface area contributed by atoms with E-state index >= 15 is 0 Å². The van der Waals surface area contributed by atoms with Crippen LogP contribution < -0.4 is 11.1 Å². The number of rotatable bonds is 3. The van der Waals surface area contributed by atoms with E-state index in [9.17, 15) is 0 Å². The van der Waals surface area contributed by atoms with Crippen LogP contribution >= 0.6 is 0 Å². The highest BCUT2D eigenvalue weighted by Crippen LogP contribution is 2.09. The number of H-pyrrole nitrogens is 1. The Kier molecular flexibility index (Phi) is 2.53. The molecule has 2 aromatic heterocycles. The Morgan fingerprint density at radius 2 is 2.33 bits per heavy atom. The van der Waals surface area contributed by atoms with Crippen LogP contribution in [0.1, 0.15) is 11.3 Å². The van der Waals surface area contributed by atoms with Gasteiger partial charge in [-0.25, -0.2) is 4.98 Å². The lowest BCUT2D eigenvalue weighted by Crippen LogP contribution is -2.03. The van der Waals surface area contributed by atoms with Crippen molar-refractivity contribution in [1.82, 2.24) is 15.2 Å². The molecule has 0 saturated carbocycles. The molecule has 0 aliphatic heterocycles. The van der Waals surface area contributed by atoms with Crippen LogP contribution in [0.25, 0.3) is 0 Å². The van der Waals surface area contributed by atoms with Gasteiger partial charge in [-0.1, -0.05) is 6.07 Å². The predicted octanol–water partition coefficient (Wildman–Crippen LogP) is 1.31. The van der Waals surface area contributed by atoms with Gasteiger partial charge in [-0.15, -0.1) is 0 Å². The quantitative estimate of drug-likeness (QED) is 0.702. The van der Waals surface area contributed by atoms with Crippen molar-refractivity contribution in [3.8, 4) is 0 Å². The zero-order valence-corrected chi connectivity index (χ0v) is 8.49. The van der Waals surface area contributed by atoms with Gasteiger partial charge in [0.25, 0.3) is 0 Å². The molecular formula is C10H13N5. The third kappa shape index (κ3) is 2.25. The van der Waals surface area contributed by atoms with Gasteiger partial charge in [-0.3, -0.25) is 5.10 Å². The summed E-state index contributed by atoms with van der Waals surface area (Å²) in [4.78, 5) is 4.32. The lowest BCUT2D eigenvalue weighted by atomic mass is 10.3. The zero-order chi connectivity index (χ0) is 10.7. The summed E-state index contributed by atoms with van der Waals surface area (Å²) in [7, 11) is 0. The molecule has 0 atom stereocenters. The van der Waals surface area contributed by atoms with Crippen LogP contribution in [0.2, 0.25) is 0 Å². The van der Waals surface area contributed by atoms with Crippen molar-refractivity contribution >= 4 is 11.6 Å². The standard InChI is InChI=1S/C10H13N5/c1-7-3-2-4-9(14-7)12-5-8-6-13-15-10(8)11/h2-4,6H,5H2,1H3,(H,12,14)(H3,11,13,15). The largest absolute Gasteiger partial charge is 0.384 e. The van der Waals surface area contributed by atoms with E-state index < -0.39 is 0 Å². The molecule has 78 valence electrons. The van der Waals surface area contributed by atoms with Crippen LogP contribution in [-0.4, -0.2) is 15.2 Å². The predicted molar refractivity (Wildman–Crippen MR) is 59.3 cm³/mol. The van der Waals surface area contributed by atoms with Crippen molar-refractivity contribution in [1.29, 1.82) is 0 Å². The molecule has 2 aromatic rings. The molecule has 5 nitrogen and oxygen atoms in total. The van der Waals surface area contributed by atoms with Gasteiger partial charge in [0.1, 0.15) is 11.6 Å². The number of hydrogen-bond acceptors (Lipinski definition) is 4. The third-order valence-electron chi connectivity index (χ3n) is 2.10. The number of nitrogens with one attached hydrogen (secondary N) is 2. The van der Waals surface area contributed by atoms with Gasteiger partial charge in [0, 0.05) is 17.8 Å². The normalized spacial score (nSPS) is 10.2. The summed E-state index contributed by atoms with van der Waals surface area (Å²) in [5.74, 6) is 1.44. The molecule has 0 fully saturated rings. The maximum absolute atomic E-state index is 5.66. The minimum atomic E-state index is 0.593. The fraction of sp³-hybridized carbons (Fsp3) is 0.200. The van der Waals surface area contributed by atoms with Crippen molar-refractivity contribution in [3.05, 3.63) is 35.7 Å². The van der Waals surface area contributed by atoms with Crippen LogP contribution in [0.3, 0.4) is 0 Å². The molecule has 0 radical (unpaired) electrons. The SMILES string of the molecule is Cc1cccc(NCc2cn[nH]c2N)n1. The molecular weight excluding hydrogens is 190 g/mol. The Bertz CT molecular complexity index is 449. The van der Waals surface area contributed by atoms with E-state index in [-0.39, 0.29) is 0 Å². The first-order valence-corrected chi connectivity index (χ1v) is 4.71. The number of nitrogen functional groups attached to an aromatic ring is 1. The first kappa shape index (κ1) is 9.51. The number of anilines is 2. The first-order chi connectivity index (χ1) is 7.25. The number of aryl methyl sites for hydroxylation is 1. The smallest absolute Gasteiger partial charge is 0.126 e. The number of pyridine rings is 1. The number of hydrogen-bond donors (Lipinski definition) is 3. The summed E-state index contributed by atoms with van der Waals surface area (Å²) in [6, 6.07) is 5.84. The number of aromatic nitrogens is 3. The van der Waals surface area contributed by atoms with Gasteiger partial charge in [0.05, 0.1) is 6.20 Å². The van der Waals surface area contributed by atoms with E-state index in [1.807, 2.05) is 25.1 Å². The first-order valence-electron chi connectivity index (χ1n) is 4.71. The molecule has 0 saturated heterocycles. The average molecular weight is 203 g/mol. The summed E-state index contributed by atoms with van der Waals surface area (Å²) in [6.07, 6.45) is 1.71. The van der Waals surface area contributed by atoms with E-state index in [0.717, 1.165) is 17.1 Å². The highest BCUT2D eigenvalue weighted by molar-refractivity contribution is 5.42. The number of nitrogens with two attached hydrogens (primary N) is 1. The molecule has 15 heavy (non-hydrogen) atoms. The van der Waals surface area contributed by atoms with Gasteiger partial charge < -0.3 is 11.1 Å². The lowest BCUT2D eigenvalue weighted by molar-refractivity contribution is 1.09. The molecule has 0 aliphatic rings. The van der Waals surface area contributed by atoms with Crippen molar-refractivity contribution in [3.63, 3.8) is 0 Å². The summed E-state index contributed by atoms with van der Waals surface area (Å²) < 4.78 is 0. The van der Waals surface area contributed by atoms with E-state index in [2.05, 4.69) is 20.5 Å². The highest BCUT2D eigenvalue weighted by Gasteiger charge is 2.00. The number of nitrogens with zero attached hydrogens (tertiary/aromatic N) is 2. The molecule has 2 heterocycles. The maximum Gasteiger partial charge on any atom is 0.126 e. The second kappa shape index (κ2) is 4.00. The lowest BCUT2D eigenvalue weighted by Gasteiger charge is -2.04. The summed E-state index contributed by atoms with van der Waals surface area (Å²) in [6.45, 7) is 2.58. The van der Waals surface area contributed by atoms with E-state index in [1.165, 1.54) is 0 Å². The van der Waals surface area contributed by atoms with Crippen molar-refractivity contribution < 1.29 is 0 Å². The van der Waals surface area contributed by atoms with E-state index in [1.54, 1.807) is 6.20 Å². The highest BCUT2D eigenvalue weighted by atomic mass is 15.1. The molecule has 0 spiro atoms. The fourth-order valence-electron chi connectivity index (χ4n) is 1.29. The molecule has 0 aromatic carbocycles. The van der Waals surface area contributed by atoms with Crippen LogP contribution in [-0.2, 0) is 6.54 Å². The fourth-order valence-corrected chi connectivity index (χ4v) is 1.29. The molecule has 0 bridgehead atoms. The van der Waals surface area contributed by atoms with Gasteiger partial charge >= 0.3 is 0 Å². The van der Waals surface area contributed by atoms with E-state index in [4.69, 9.17) is 5.73 Å². The number of aromatic amines is 1. The Labute approximate surface area is 87.7 Å².